The van der Waals surface area contributed by atoms with Crippen LogP contribution in [0.25, 0.3) is 0 Å². The van der Waals surface area contributed by atoms with Gasteiger partial charge in [-0.3, -0.25) is 0 Å². The van der Waals surface area contributed by atoms with E-state index >= 15 is 0 Å². The lowest BCUT2D eigenvalue weighted by Crippen LogP contribution is -2.52. The number of aliphatic hydroxyl groups excluding tert-OH is 1. The molecule has 0 heterocycles. The van der Waals surface area contributed by atoms with Crippen LogP contribution < -0.4 is 0 Å². The van der Waals surface area contributed by atoms with Crippen molar-refractivity contribution >= 4 is 0 Å². The number of methoxy groups -OCH3 is 1. The van der Waals surface area contributed by atoms with Crippen LogP contribution in [-0.4, -0.2) is 41.8 Å². The molecular weight excluding hydrogens is 393 g/mol. The van der Waals surface area contributed by atoms with Gasteiger partial charge in [-0.15, -0.1) is 0 Å². The predicted molar refractivity (Wildman–Crippen MR) is 109 cm³/mol. The highest BCUT2D eigenvalue weighted by Gasteiger charge is 2.60. The summed E-state index contributed by atoms with van der Waals surface area (Å²) in [4.78, 5) is 0. The molecule has 2 N–H and O–H groups in total. The Hall–Kier alpha value is -0.330. The zero-order valence-electron chi connectivity index (χ0n) is 18.6. The van der Waals surface area contributed by atoms with Crippen LogP contribution in [0.15, 0.2) is 0 Å². The van der Waals surface area contributed by atoms with Crippen molar-refractivity contribution in [2.75, 3.05) is 13.7 Å². The molecule has 0 aromatic carbocycles. The fraction of sp³-hybridized carbons (Fsp3) is 1.00. The maximum absolute atomic E-state index is 13.2. The van der Waals surface area contributed by atoms with Crippen molar-refractivity contribution in [2.24, 2.45) is 46.8 Å². The average Bonchev–Trinajstić information content (AvgIpc) is 3.03. The fourth-order valence-corrected chi connectivity index (χ4v) is 8.78. The second-order valence-electron chi connectivity index (χ2n) is 11.4. The topological polar surface area (TPSA) is 49.7 Å². The number of fused-ring (bicyclic) bond motifs is 5. The highest BCUT2D eigenvalue weighted by Crippen LogP contribution is 2.66. The molecule has 0 aromatic heterocycles. The van der Waals surface area contributed by atoms with E-state index in [2.05, 4.69) is 6.92 Å². The Balaban J connectivity index is 1.48. The van der Waals surface area contributed by atoms with E-state index in [1.807, 2.05) is 0 Å². The summed E-state index contributed by atoms with van der Waals surface area (Å²) in [5, 5.41) is 20.8. The van der Waals surface area contributed by atoms with Crippen LogP contribution in [0.3, 0.4) is 0 Å². The van der Waals surface area contributed by atoms with Crippen LogP contribution in [0.2, 0.25) is 0 Å². The summed E-state index contributed by atoms with van der Waals surface area (Å²) in [5.74, 6) is 2.11. The molecule has 10 atom stereocenters. The van der Waals surface area contributed by atoms with Crippen molar-refractivity contribution in [3.05, 3.63) is 0 Å². The molecule has 4 saturated carbocycles. The first-order chi connectivity index (χ1) is 14.0. The van der Waals surface area contributed by atoms with E-state index in [-0.39, 0.29) is 11.3 Å². The largest absolute Gasteiger partial charge is 0.414 e. The molecule has 30 heavy (non-hydrogen) atoms. The van der Waals surface area contributed by atoms with Gasteiger partial charge in [-0.2, -0.15) is 13.2 Å². The molecule has 0 amide bonds. The van der Waals surface area contributed by atoms with E-state index in [0.717, 1.165) is 57.8 Å². The van der Waals surface area contributed by atoms with Crippen molar-refractivity contribution in [1.29, 1.82) is 0 Å². The molecule has 4 aliphatic rings. The van der Waals surface area contributed by atoms with Gasteiger partial charge in [0.25, 0.3) is 0 Å². The maximum atomic E-state index is 13.2. The minimum Gasteiger partial charge on any atom is -0.387 e. The van der Waals surface area contributed by atoms with Crippen LogP contribution in [0.4, 0.5) is 13.2 Å². The zero-order valence-corrected chi connectivity index (χ0v) is 18.6. The number of halogens is 3. The summed E-state index contributed by atoms with van der Waals surface area (Å²) < 4.78 is 44.9. The van der Waals surface area contributed by atoms with Gasteiger partial charge in [-0.1, -0.05) is 13.8 Å². The minimum absolute atomic E-state index is 0.0593. The molecule has 0 bridgehead atoms. The van der Waals surface area contributed by atoms with Crippen molar-refractivity contribution < 1.29 is 28.1 Å². The maximum Gasteiger partial charge on any atom is 0.414 e. The predicted octanol–water partition coefficient (Wildman–Crippen LogP) is 5.19. The van der Waals surface area contributed by atoms with Crippen LogP contribution in [0, 0.1) is 46.8 Å². The van der Waals surface area contributed by atoms with E-state index in [1.165, 1.54) is 0 Å². The zero-order chi connectivity index (χ0) is 21.9. The molecule has 174 valence electrons. The van der Waals surface area contributed by atoms with Crippen LogP contribution in [-0.2, 0) is 4.74 Å². The van der Waals surface area contributed by atoms with Crippen molar-refractivity contribution in [1.82, 2.24) is 0 Å². The molecule has 6 heteroatoms. The number of hydrogen-bond acceptors (Lipinski definition) is 3. The summed E-state index contributed by atoms with van der Waals surface area (Å²) in [6, 6.07) is 0. The van der Waals surface area contributed by atoms with Gasteiger partial charge in [-0.05, 0) is 105 Å². The van der Waals surface area contributed by atoms with Crippen LogP contribution in [0.1, 0.15) is 71.6 Å². The van der Waals surface area contributed by atoms with Gasteiger partial charge in [0.2, 0.25) is 0 Å². The number of rotatable bonds is 4. The third-order valence-electron chi connectivity index (χ3n) is 10.1. The van der Waals surface area contributed by atoms with E-state index in [9.17, 15) is 23.4 Å². The first-order valence-corrected chi connectivity index (χ1v) is 12.0. The van der Waals surface area contributed by atoms with Gasteiger partial charge in [0, 0.05) is 7.11 Å². The standard InChI is InChI=1S/C24H39F3O3/c1-14(21(28)24(25,26)27)19-6-7-20-18-5-4-15-12-23(29,13-30-3)11-9-16(15)17(18)8-10-22(19,20)2/h14-21,28-29H,4-13H2,1-3H3/t14-,15+,16-,17+,18+,19+,20-,21?,22+,23-/m0/s1. The Morgan fingerprint density at radius 2 is 1.70 bits per heavy atom. The summed E-state index contributed by atoms with van der Waals surface area (Å²) in [6.07, 6.45) is 2.04. The Morgan fingerprint density at radius 3 is 2.37 bits per heavy atom. The van der Waals surface area contributed by atoms with Gasteiger partial charge in [-0.25, -0.2) is 0 Å². The summed E-state index contributed by atoms with van der Waals surface area (Å²) in [5.41, 5.74) is -0.779. The van der Waals surface area contributed by atoms with Gasteiger partial charge < -0.3 is 14.9 Å². The molecule has 1 unspecified atom stereocenters. The molecule has 3 nitrogen and oxygen atoms in total. The molecule has 0 aromatic rings. The second-order valence-corrected chi connectivity index (χ2v) is 11.4. The van der Waals surface area contributed by atoms with E-state index in [0.29, 0.717) is 36.2 Å². The molecule has 4 rings (SSSR count). The van der Waals surface area contributed by atoms with Crippen molar-refractivity contribution in [3.8, 4) is 0 Å². The first kappa shape index (κ1) is 22.8. The van der Waals surface area contributed by atoms with Gasteiger partial charge >= 0.3 is 6.18 Å². The average molecular weight is 433 g/mol. The van der Waals surface area contributed by atoms with Crippen molar-refractivity contribution in [3.63, 3.8) is 0 Å². The molecule has 0 aliphatic heterocycles. The van der Waals surface area contributed by atoms with E-state index in [4.69, 9.17) is 4.74 Å². The van der Waals surface area contributed by atoms with Gasteiger partial charge in [0.1, 0.15) is 0 Å². The quantitative estimate of drug-likeness (QED) is 0.643. The molecule has 0 saturated heterocycles. The molecule has 0 radical (unpaired) electrons. The van der Waals surface area contributed by atoms with E-state index < -0.39 is 23.8 Å². The number of ether oxygens (including phenoxy) is 1. The Bertz CT molecular complexity index is 625. The smallest absolute Gasteiger partial charge is 0.387 e. The fourth-order valence-electron chi connectivity index (χ4n) is 8.78. The van der Waals surface area contributed by atoms with E-state index in [1.54, 1.807) is 14.0 Å². The number of aliphatic hydroxyl groups is 2. The first-order valence-electron chi connectivity index (χ1n) is 12.0. The second kappa shape index (κ2) is 7.91. The molecule has 0 spiro atoms. The highest BCUT2D eigenvalue weighted by atomic mass is 19.4. The Labute approximate surface area is 178 Å². The Morgan fingerprint density at radius 1 is 1.00 bits per heavy atom. The minimum atomic E-state index is -4.54. The number of alkyl halides is 3. The lowest BCUT2D eigenvalue weighted by molar-refractivity contribution is -0.227. The molecule has 4 fully saturated rings. The van der Waals surface area contributed by atoms with Gasteiger partial charge in [0.05, 0.1) is 12.2 Å². The summed E-state index contributed by atoms with van der Waals surface area (Å²) in [6.45, 7) is 4.23. The highest BCUT2D eigenvalue weighted by molar-refractivity contribution is 5.08. The lowest BCUT2D eigenvalue weighted by atomic mass is 9.48. The van der Waals surface area contributed by atoms with Crippen LogP contribution >= 0.6 is 0 Å². The third kappa shape index (κ3) is 3.73. The third-order valence-corrected chi connectivity index (χ3v) is 10.1. The number of hydrogen-bond donors (Lipinski definition) is 2. The van der Waals surface area contributed by atoms with Gasteiger partial charge in [0.15, 0.2) is 6.10 Å². The monoisotopic (exact) mass is 432 g/mol. The summed E-state index contributed by atoms with van der Waals surface area (Å²) in [7, 11) is 1.65. The molecular formula is C24H39F3O3. The van der Waals surface area contributed by atoms with Crippen molar-refractivity contribution in [2.45, 2.75) is 89.5 Å². The SMILES string of the molecule is COC[C@]1(O)CC[C@H]2[C@H](CC[C@@H]3[C@@H]2CC[C@]2(C)[C@@H]([C@H](C)C(O)C(F)(F)F)CC[C@@H]32)C1. The lowest BCUT2D eigenvalue weighted by Gasteiger charge is -2.57. The normalized spacial score (nSPS) is 48.4. The summed E-state index contributed by atoms with van der Waals surface area (Å²) >= 11 is 0. The van der Waals surface area contributed by atoms with Crippen LogP contribution in [0.5, 0.6) is 0 Å². The molecule has 4 aliphatic carbocycles. The Kier molecular flexibility index (Phi) is 6.03.